The van der Waals surface area contributed by atoms with Crippen molar-refractivity contribution in [3.63, 3.8) is 0 Å². The van der Waals surface area contributed by atoms with Gasteiger partial charge in [-0.2, -0.15) is 0 Å². The van der Waals surface area contributed by atoms with Gasteiger partial charge in [-0.25, -0.2) is 0 Å². The van der Waals surface area contributed by atoms with Gasteiger partial charge in [-0.15, -0.1) is 0 Å². The first-order valence-corrected chi connectivity index (χ1v) is 5.33. The molecule has 1 rings (SSSR count). The first-order valence-electron chi connectivity index (χ1n) is 5.33. The van der Waals surface area contributed by atoms with Crippen LogP contribution >= 0.6 is 0 Å². The van der Waals surface area contributed by atoms with Gasteiger partial charge in [-0.1, -0.05) is 19.9 Å². The topological polar surface area (TPSA) is 24.9 Å². The molecule has 1 unspecified atom stereocenters. The highest BCUT2D eigenvalue weighted by Crippen LogP contribution is 2.08. The third kappa shape index (κ3) is 3.88. The molecule has 2 heteroatoms. The van der Waals surface area contributed by atoms with Crippen molar-refractivity contribution in [2.45, 2.75) is 27.2 Å². The van der Waals surface area contributed by atoms with E-state index in [0.717, 1.165) is 19.5 Å². The third-order valence-electron chi connectivity index (χ3n) is 2.26. The fourth-order valence-electron chi connectivity index (χ4n) is 1.59. The van der Waals surface area contributed by atoms with Crippen molar-refractivity contribution >= 4 is 0 Å². The van der Waals surface area contributed by atoms with Gasteiger partial charge in [0.2, 0.25) is 0 Å². The average molecular weight is 192 g/mol. The van der Waals surface area contributed by atoms with E-state index in [2.05, 4.69) is 37.1 Å². The number of pyridine rings is 1. The van der Waals surface area contributed by atoms with Crippen LogP contribution in [-0.4, -0.2) is 18.1 Å². The van der Waals surface area contributed by atoms with E-state index >= 15 is 0 Å². The zero-order valence-corrected chi connectivity index (χ0v) is 9.38. The molecule has 1 aromatic rings. The zero-order valence-electron chi connectivity index (χ0n) is 9.38. The Balaban J connectivity index is 2.43. The van der Waals surface area contributed by atoms with E-state index in [-0.39, 0.29) is 0 Å². The molecule has 14 heavy (non-hydrogen) atoms. The van der Waals surface area contributed by atoms with Crippen molar-refractivity contribution in [1.29, 1.82) is 0 Å². The summed E-state index contributed by atoms with van der Waals surface area (Å²) in [5.74, 6) is 0.679. The van der Waals surface area contributed by atoms with E-state index in [0.29, 0.717) is 5.92 Å². The van der Waals surface area contributed by atoms with E-state index < -0.39 is 0 Å². The molecular formula is C12H20N2. The molecular weight excluding hydrogens is 172 g/mol. The second-order valence-corrected chi connectivity index (χ2v) is 3.99. The number of rotatable bonds is 5. The maximum absolute atomic E-state index is 4.20. The fourth-order valence-corrected chi connectivity index (χ4v) is 1.59. The van der Waals surface area contributed by atoms with Crippen molar-refractivity contribution in [3.05, 3.63) is 29.6 Å². The summed E-state index contributed by atoms with van der Waals surface area (Å²) in [5.41, 5.74) is 2.59. The Morgan fingerprint density at radius 3 is 2.86 bits per heavy atom. The smallest absolute Gasteiger partial charge is 0.0300 e. The molecule has 0 bridgehead atoms. The lowest BCUT2D eigenvalue weighted by Crippen LogP contribution is -2.21. The fraction of sp³-hybridized carbons (Fsp3) is 0.583. The van der Waals surface area contributed by atoms with Gasteiger partial charge in [0.15, 0.2) is 0 Å². The van der Waals surface area contributed by atoms with Gasteiger partial charge in [0.1, 0.15) is 0 Å². The predicted molar refractivity (Wildman–Crippen MR) is 60.4 cm³/mol. The molecule has 1 heterocycles. The van der Waals surface area contributed by atoms with Crippen molar-refractivity contribution in [3.8, 4) is 0 Å². The van der Waals surface area contributed by atoms with Crippen LogP contribution in [0.5, 0.6) is 0 Å². The molecule has 0 aromatic carbocycles. The SMILES string of the molecule is CCNCC(C)Cc1cncc(C)c1. The summed E-state index contributed by atoms with van der Waals surface area (Å²) in [7, 11) is 0. The third-order valence-corrected chi connectivity index (χ3v) is 2.26. The number of aromatic nitrogens is 1. The second kappa shape index (κ2) is 5.76. The highest BCUT2D eigenvalue weighted by Gasteiger charge is 2.02. The van der Waals surface area contributed by atoms with Crippen LogP contribution in [0.15, 0.2) is 18.5 Å². The van der Waals surface area contributed by atoms with Gasteiger partial charge in [0, 0.05) is 12.4 Å². The highest BCUT2D eigenvalue weighted by atomic mass is 14.8. The van der Waals surface area contributed by atoms with Crippen LogP contribution in [-0.2, 0) is 6.42 Å². The van der Waals surface area contributed by atoms with Crippen LogP contribution in [0.4, 0.5) is 0 Å². The Kier molecular flexibility index (Phi) is 4.60. The minimum Gasteiger partial charge on any atom is -0.317 e. The summed E-state index contributed by atoms with van der Waals surface area (Å²) in [6.07, 6.45) is 4.98. The van der Waals surface area contributed by atoms with E-state index in [9.17, 15) is 0 Å². The lowest BCUT2D eigenvalue weighted by atomic mass is 10.0. The highest BCUT2D eigenvalue weighted by molar-refractivity contribution is 5.16. The maximum Gasteiger partial charge on any atom is 0.0300 e. The molecule has 0 fully saturated rings. The summed E-state index contributed by atoms with van der Waals surface area (Å²) < 4.78 is 0. The van der Waals surface area contributed by atoms with Crippen molar-refractivity contribution < 1.29 is 0 Å². The summed E-state index contributed by atoms with van der Waals surface area (Å²) >= 11 is 0. The Labute approximate surface area is 86.8 Å². The van der Waals surface area contributed by atoms with E-state index in [1.165, 1.54) is 11.1 Å². The van der Waals surface area contributed by atoms with Crippen LogP contribution in [0.3, 0.4) is 0 Å². The molecule has 1 aromatic heterocycles. The molecule has 0 aliphatic rings. The van der Waals surface area contributed by atoms with E-state index in [1.807, 2.05) is 12.4 Å². The van der Waals surface area contributed by atoms with Gasteiger partial charge >= 0.3 is 0 Å². The number of hydrogen-bond donors (Lipinski definition) is 1. The van der Waals surface area contributed by atoms with Crippen LogP contribution < -0.4 is 5.32 Å². The van der Waals surface area contributed by atoms with Crippen molar-refractivity contribution in [2.75, 3.05) is 13.1 Å². The lowest BCUT2D eigenvalue weighted by Gasteiger charge is -2.11. The number of aryl methyl sites for hydroxylation is 1. The molecule has 0 saturated heterocycles. The Hall–Kier alpha value is -0.890. The average Bonchev–Trinajstić information content (AvgIpc) is 2.15. The molecule has 0 aliphatic carbocycles. The van der Waals surface area contributed by atoms with Crippen molar-refractivity contribution in [1.82, 2.24) is 10.3 Å². The van der Waals surface area contributed by atoms with Crippen LogP contribution in [0.2, 0.25) is 0 Å². The minimum absolute atomic E-state index is 0.679. The zero-order chi connectivity index (χ0) is 10.4. The Bertz CT molecular complexity index is 271. The van der Waals surface area contributed by atoms with E-state index in [4.69, 9.17) is 0 Å². The number of hydrogen-bond acceptors (Lipinski definition) is 2. The molecule has 2 nitrogen and oxygen atoms in total. The summed E-state index contributed by atoms with van der Waals surface area (Å²) in [5, 5.41) is 3.36. The van der Waals surface area contributed by atoms with Gasteiger partial charge in [0.25, 0.3) is 0 Å². The summed E-state index contributed by atoms with van der Waals surface area (Å²) in [6, 6.07) is 2.22. The summed E-state index contributed by atoms with van der Waals surface area (Å²) in [4.78, 5) is 4.20. The normalized spacial score (nSPS) is 12.8. The minimum atomic E-state index is 0.679. The van der Waals surface area contributed by atoms with Gasteiger partial charge in [0.05, 0.1) is 0 Å². The van der Waals surface area contributed by atoms with Gasteiger partial charge < -0.3 is 5.32 Å². The maximum atomic E-state index is 4.20. The standard InChI is InChI=1S/C12H20N2/c1-4-13-7-10(2)5-12-6-11(3)8-14-9-12/h6,8-10,13H,4-5,7H2,1-3H3. The molecule has 78 valence electrons. The molecule has 0 radical (unpaired) electrons. The molecule has 0 aliphatic heterocycles. The number of nitrogens with zero attached hydrogens (tertiary/aromatic N) is 1. The first-order chi connectivity index (χ1) is 6.72. The van der Waals surface area contributed by atoms with Gasteiger partial charge in [-0.05, 0) is 43.5 Å². The molecule has 0 amide bonds. The van der Waals surface area contributed by atoms with E-state index in [1.54, 1.807) is 0 Å². The number of nitrogens with one attached hydrogen (secondary N) is 1. The lowest BCUT2D eigenvalue weighted by molar-refractivity contribution is 0.521. The first kappa shape index (κ1) is 11.2. The molecule has 1 N–H and O–H groups in total. The van der Waals surface area contributed by atoms with Crippen LogP contribution in [0.25, 0.3) is 0 Å². The van der Waals surface area contributed by atoms with Crippen LogP contribution in [0, 0.1) is 12.8 Å². The Morgan fingerprint density at radius 1 is 1.43 bits per heavy atom. The second-order valence-electron chi connectivity index (χ2n) is 3.99. The predicted octanol–water partition coefficient (Wildman–Crippen LogP) is 2.18. The summed E-state index contributed by atoms with van der Waals surface area (Å²) in [6.45, 7) is 8.64. The quantitative estimate of drug-likeness (QED) is 0.773. The largest absolute Gasteiger partial charge is 0.317 e. The Morgan fingerprint density at radius 2 is 2.21 bits per heavy atom. The molecule has 0 spiro atoms. The molecule has 1 atom stereocenters. The molecule has 0 saturated carbocycles. The monoisotopic (exact) mass is 192 g/mol. The van der Waals surface area contributed by atoms with Crippen molar-refractivity contribution in [2.24, 2.45) is 5.92 Å². The van der Waals surface area contributed by atoms with Gasteiger partial charge in [-0.3, -0.25) is 4.98 Å². The van der Waals surface area contributed by atoms with Crippen LogP contribution in [0.1, 0.15) is 25.0 Å².